The average Bonchev–Trinajstić information content (AvgIpc) is 2.36. The van der Waals surface area contributed by atoms with Crippen molar-refractivity contribution in [3.63, 3.8) is 0 Å². The SMILES string of the molecule is CN(CC(=O)O)c1c(C#N)cnc2ccccc12. The number of carboxylic acids is 1. The van der Waals surface area contributed by atoms with E-state index >= 15 is 0 Å². The first-order valence-corrected chi connectivity index (χ1v) is 5.34. The number of carbonyl (C=O) groups is 1. The van der Waals surface area contributed by atoms with Gasteiger partial charge in [-0.2, -0.15) is 5.26 Å². The number of anilines is 1. The van der Waals surface area contributed by atoms with Crippen LogP contribution in [0.1, 0.15) is 5.56 Å². The number of fused-ring (bicyclic) bond motifs is 1. The van der Waals surface area contributed by atoms with Gasteiger partial charge < -0.3 is 10.0 Å². The van der Waals surface area contributed by atoms with Crippen LogP contribution in [0.5, 0.6) is 0 Å². The van der Waals surface area contributed by atoms with Crippen molar-refractivity contribution in [2.24, 2.45) is 0 Å². The lowest BCUT2D eigenvalue weighted by Gasteiger charge is -2.19. The predicted molar refractivity (Wildman–Crippen MR) is 67.4 cm³/mol. The fraction of sp³-hybridized carbons (Fsp3) is 0.154. The van der Waals surface area contributed by atoms with Gasteiger partial charge >= 0.3 is 5.97 Å². The Balaban J connectivity index is 2.65. The van der Waals surface area contributed by atoms with Gasteiger partial charge in [-0.3, -0.25) is 9.78 Å². The summed E-state index contributed by atoms with van der Waals surface area (Å²) in [6.07, 6.45) is 1.47. The quantitative estimate of drug-likeness (QED) is 0.883. The zero-order valence-electron chi connectivity index (χ0n) is 9.79. The van der Waals surface area contributed by atoms with Crippen LogP contribution in [0.15, 0.2) is 30.5 Å². The molecule has 1 aromatic heterocycles. The lowest BCUT2D eigenvalue weighted by Crippen LogP contribution is -2.26. The lowest BCUT2D eigenvalue weighted by atomic mass is 10.1. The Morgan fingerprint density at radius 1 is 1.50 bits per heavy atom. The molecule has 90 valence electrons. The number of para-hydroxylation sites is 1. The van der Waals surface area contributed by atoms with Gasteiger partial charge in [-0.05, 0) is 6.07 Å². The summed E-state index contributed by atoms with van der Waals surface area (Å²) in [5.74, 6) is -0.942. The number of rotatable bonds is 3. The van der Waals surface area contributed by atoms with Gasteiger partial charge in [0.05, 0.1) is 16.8 Å². The van der Waals surface area contributed by atoms with Crippen LogP contribution in [0.3, 0.4) is 0 Å². The minimum atomic E-state index is -0.942. The molecule has 1 aromatic carbocycles. The molecule has 0 radical (unpaired) electrons. The highest BCUT2D eigenvalue weighted by molar-refractivity contribution is 5.95. The summed E-state index contributed by atoms with van der Waals surface area (Å²) < 4.78 is 0. The molecule has 0 bridgehead atoms. The van der Waals surface area contributed by atoms with Gasteiger partial charge in [-0.25, -0.2) is 0 Å². The van der Waals surface area contributed by atoms with Gasteiger partial charge in [0.15, 0.2) is 0 Å². The van der Waals surface area contributed by atoms with Crippen LogP contribution in [-0.4, -0.2) is 29.7 Å². The number of pyridine rings is 1. The molecular weight excluding hydrogens is 230 g/mol. The Kier molecular flexibility index (Phi) is 3.11. The van der Waals surface area contributed by atoms with E-state index in [-0.39, 0.29) is 6.54 Å². The highest BCUT2D eigenvalue weighted by atomic mass is 16.4. The normalized spacial score (nSPS) is 10.0. The van der Waals surface area contributed by atoms with Crippen molar-refractivity contribution >= 4 is 22.6 Å². The first-order valence-electron chi connectivity index (χ1n) is 5.34. The smallest absolute Gasteiger partial charge is 0.323 e. The lowest BCUT2D eigenvalue weighted by molar-refractivity contribution is -0.135. The molecule has 5 nitrogen and oxygen atoms in total. The van der Waals surface area contributed by atoms with E-state index in [1.807, 2.05) is 30.3 Å². The maximum Gasteiger partial charge on any atom is 0.323 e. The molecule has 0 spiro atoms. The zero-order chi connectivity index (χ0) is 13.1. The number of aromatic nitrogens is 1. The molecule has 0 atom stereocenters. The Morgan fingerprint density at radius 2 is 2.22 bits per heavy atom. The van der Waals surface area contributed by atoms with Crippen LogP contribution in [-0.2, 0) is 4.79 Å². The van der Waals surface area contributed by atoms with E-state index in [9.17, 15) is 4.79 Å². The van der Waals surface area contributed by atoms with E-state index in [4.69, 9.17) is 10.4 Å². The molecule has 0 aliphatic rings. The number of nitriles is 1. The molecule has 0 aliphatic carbocycles. The Labute approximate surface area is 104 Å². The van der Waals surface area contributed by atoms with Crippen LogP contribution in [0, 0.1) is 11.3 Å². The van der Waals surface area contributed by atoms with E-state index in [1.54, 1.807) is 11.9 Å². The van der Waals surface area contributed by atoms with E-state index in [0.717, 1.165) is 10.9 Å². The van der Waals surface area contributed by atoms with Crippen molar-refractivity contribution in [1.29, 1.82) is 5.26 Å². The van der Waals surface area contributed by atoms with Crippen LogP contribution in [0.4, 0.5) is 5.69 Å². The van der Waals surface area contributed by atoms with Crippen molar-refractivity contribution in [3.8, 4) is 6.07 Å². The number of hydrogen-bond acceptors (Lipinski definition) is 4. The van der Waals surface area contributed by atoms with Gasteiger partial charge in [0.2, 0.25) is 0 Å². The molecule has 0 unspecified atom stereocenters. The molecule has 18 heavy (non-hydrogen) atoms. The standard InChI is InChI=1S/C13H11N3O2/c1-16(8-12(17)18)13-9(6-14)7-15-11-5-3-2-4-10(11)13/h2-5,7H,8H2,1H3,(H,17,18). The second-order valence-corrected chi connectivity index (χ2v) is 3.90. The van der Waals surface area contributed by atoms with Crippen molar-refractivity contribution in [2.75, 3.05) is 18.5 Å². The van der Waals surface area contributed by atoms with Gasteiger partial charge in [0.25, 0.3) is 0 Å². The molecule has 2 aromatic rings. The van der Waals surface area contributed by atoms with Crippen molar-refractivity contribution in [3.05, 3.63) is 36.0 Å². The number of hydrogen-bond donors (Lipinski definition) is 1. The zero-order valence-corrected chi connectivity index (χ0v) is 9.79. The van der Waals surface area contributed by atoms with Gasteiger partial charge in [-0.15, -0.1) is 0 Å². The average molecular weight is 241 g/mol. The first kappa shape index (κ1) is 11.9. The van der Waals surface area contributed by atoms with Gasteiger partial charge in [0, 0.05) is 18.6 Å². The fourth-order valence-corrected chi connectivity index (χ4v) is 1.90. The number of likely N-dealkylation sites (N-methyl/N-ethyl adjacent to an activating group) is 1. The molecule has 0 saturated heterocycles. The number of carboxylic acid groups (broad SMARTS) is 1. The van der Waals surface area contributed by atoms with Crippen molar-refractivity contribution < 1.29 is 9.90 Å². The summed E-state index contributed by atoms with van der Waals surface area (Å²) >= 11 is 0. The third-order valence-electron chi connectivity index (χ3n) is 2.62. The topological polar surface area (TPSA) is 77.2 Å². The van der Waals surface area contributed by atoms with Crippen molar-refractivity contribution in [1.82, 2.24) is 4.98 Å². The molecule has 0 aliphatic heterocycles. The molecule has 0 fully saturated rings. The molecule has 2 rings (SSSR count). The molecule has 1 heterocycles. The second kappa shape index (κ2) is 4.72. The second-order valence-electron chi connectivity index (χ2n) is 3.90. The predicted octanol–water partition coefficient (Wildman–Crippen LogP) is 1.63. The third-order valence-corrected chi connectivity index (χ3v) is 2.62. The Morgan fingerprint density at radius 3 is 2.89 bits per heavy atom. The highest BCUT2D eigenvalue weighted by Gasteiger charge is 2.14. The first-order chi connectivity index (χ1) is 8.63. The van der Waals surface area contributed by atoms with E-state index in [1.165, 1.54) is 6.20 Å². The summed E-state index contributed by atoms with van der Waals surface area (Å²) in [5.41, 5.74) is 1.71. The van der Waals surface area contributed by atoms with E-state index < -0.39 is 5.97 Å². The Hall–Kier alpha value is -2.61. The molecule has 5 heteroatoms. The molecule has 0 amide bonds. The van der Waals surface area contributed by atoms with E-state index in [2.05, 4.69) is 4.98 Å². The summed E-state index contributed by atoms with van der Waals surface area (Å²) in [5, 5.41) is 18.7. The summed E-state index contributed by atoms with van der Waals surface area (Å²) in [7, 11) is 1.65. The third kappa shape index (κ3) is 2.09. The molecule has 1 N–H and O–H groups in total. The summed E-state index contributed by atoms with van der Waals surface area (Å²) in [6.45, 7) is -0.164. The van der Waals surface area contributed by atoms with Crippen LogP contribution in [0.25, 0.3) is 10.9 Å². The maximum absolute atomic E-state index is 10.8. The minimum absolute atomic E-state index is 0.164. The van der Waals surface area contributed by atoms with E-state index in [0.29, 0.717) is 11.3 Å². The van der Waals surface area contributed by atoms with Crippen LogP contribution in [0.2, 0.25) is 0 Å². The van der Waals surface area contributed by atoms with Gasteiger partial charge in [0.1, 0.15) is 12.6 Å². The highest BCUT2D eigenvalue weighted by Crippen LogP contribution is 2.28. The van der Waals surface area contributed by atoms with Crippen LogP contribution >= 0.6 is 0 Å². The summed E-state index contributed by atoms with van der Waals surface area (Å²) in [6, 6.07) is 9.39. The van der Waals surface area contributed by atoms with Crippen LogP contribution < -0.4 is 4.90 Å². The largest absolute Gasteiger partial charge is 0.480 e. The number of benzene rings is 1. The monoisotopic (exact) mass is 241 g/mol. The Bertz CT molecular complexity index is 646. The van der Waals surface area contributed by atoms with Gasteiger partial charge in [-0.1, -0.05) is 18.2 Å². The molecular formula is C13H11N3O2. The maximum atomic E-state index is 10.8. The summed E-state index contributed by atoms with van der Waals surface area (Å²) in [4.78, 5) is 16.5. The number of nitrogens with zero attached hydrogens (tertiary/aromatic N) is 3. The molecule has 0 saturated carbocycles. The van der Waals surface area contributed by atoms with Crippen molar-refractivity contribution in [2.45, 2.75) is 0 Å². The fourth-order valence-electron chi connectivity index (χ4n) is 1.90. The minimum Gasteiger partial charge on any atom is -0.480 e. The number of aliphatic carboxylic acids is 1.